The molecule has 1 aliphatic rings. The lowest BCUT2D eigenvalue weighted by Gasteiger charge is -2.41. The van der Waals surface area contributed by atoms with E-state index in [0.29, 0.717) is 5.56 Å². The lowest BCUT2D eigenvalue weighted by molar-refractivity contribution is -0.318. The van der Waals surface area contributed by atoms with Crippen LogP contribution in [0.1, 0.15) is 16.8 Å². The van der Waals surface area contributed by atoms with Gasteiger partial charge >= 0.3 is 0 Å². The fourth-order valence-electron chi connectivity index (χ4n) is 2.00. The van der Waals surface area contributed by atoms with Crippen LogP contribution in [0.5, 0.6) is 0 Å². The fraction of sp³-hybridized carbons (Fsp3) is 0.462. The van der Waals surface area contributed by atoms with Crippen molar-refractivity contribution < 1.29 is 30.0 Å². The van der Waals surface area contributed by atoms with Crippen LogP contribution in [0, 0.1) is 0 Å². The Morgan fingerprint density at radius 1 is 1.26 bits per heavy atom. The van der Waals surface area contributed by atoms with E-state index in [4.69, 9.17) is 4.74 Å². The third-order valence-corrected chi connectivity index (χ3v) is 3.19. The molecule has 1 aromatic rings. The van der Waals surface area contributed by atoms with Crippen LogP contribution in [0.4, 0.5) is 0 Å². The molecule has 1 heterocycles. The average Bonchev–Trinajstić information content (AvgIpc) is 2.42. The predicted molar refractivity (Wildman–Crippen MR) is 64.3 cm³/mol. The zero-order valence-corrected chi connectivity index (χ0v) is 10.1. The van der Waals surface area contributed by atoms with Gasteiger partial charge < -0.3 is 25.2 Å². The average molecular weight is 268 g/mol. The quantitative estimate of drug-likeness (QED) is 0.527. The molecule has 19 heavy (non-hydrogen) atoms. The summed E-state index contributed by atoms with van der Waals surface area (Å²) in [6, 6.07) is 8.25. The normalized spacial score (nSPS) is 35.1. The second-order valence-electron chi connectivity index (χ2n) is 4.62. The second-order valence-corrected chi connectivity index (χ2v) is 4.62. The topological polar surface area (TPSA) is 107 Å². The molecule has 0 amide bonds. The SMILES string of the molecule is O=C(C[C@@]1(O)OC[C@@H](O)[C@H](O)[C@H]1O)c1ccccc1. The molecular weight excluding hydrogens is 252 g/mol. The van der Waals surface area contributed by atoms with Crippen LogP contribution < -0.4 is 0 Å². The number of hydrogen-bond acceptors (Lipinski definition) is 6. The van der Waals surface area contributed by atoms with Crippen LogP contribution in [0.15, 0.2) is 30.3 Å². The maximum atomic E-state index is 12.0. The Hall–Kier alpha value is -1.31. The zero-order chi connectivity index (χ0) is 14.0. The monoisotopic (exact) mass is 268 g/mol. The Labute approximate surface area is 109 Å². The van der Waals surface area contributed by atoms with Crippen molar-refractivity contribution in [2.75, 3.05) is 6.61 Å². The zero-order valence-electron chi connectivity index (χ0n) is 10.1. The summed E-state index contributed by atoms with van der Waals surface area (Å²) in [5.74, 6) is -2.61. The molecule has 0 bridgehead atoms. The number of carbonyl (C=O) groups is 1. The first kappa shape index (κ1) is 14.1. The van der Waals surface area contributed by atoms with Crippen LogP contribution in [0.25, 0.3) is 0 Å². The lowest BCUT2D eigenvalue weighted by atomic mass is 9.91. The first-order valence-corrected chi connectivity index (χ1v) is 5.93. The summed E-state index contributed by atoms with van der Waals surface area (Å²) in [5.41, 5.74) is 0.368. The molecule has 0 aromatic heterocycles. The number of aliphatic hydroxyl groups is 4. The highest BCUT2D eigenvalue weighted by Crippen LogP contribution is 2.28. The van der Waals surface area contributed by atoms with Gasteiger partial charge in [0.15, 0.2) is 5.78 Å². The summed E-state index contributed by atoms with van der Waals surface area (Å²) in [5, 5.41) is 38.6. The van der Waals surface area contributed by atoms with Crippen molar-refractivity contribution >= 4 is 5.78 Å². The minimum Gasteiger partial charge on any atom is -0.388 e. The highest BCUT2D eigenvalue weighted by atomic mass is 16.6. The van der Waals surface area contributed by atoms with Crippen molar-refractivity contribution in [3.05, 3.63) is 35.9 Å². The molecule has 2 rings (SSSR count). The van der Waals surface area contributed by atoms with Crippen LogP contribution in [0.2, 0.25) is 0 Å². The van der Waals surface area contributed by atoms with Gasteiger partial charge in [0.25, 0.3) is 0 Å². The summed E-state index contributed by atoms with van der Waals surface area (Å²) in [6.45, 7) is -0.350. The van der Waals surface area contributed by atoms with Crippen molar-refractivity contribution in [1.82, 2.24) is 0 Å². The lowest BCUT2D eigenvalue weighted by Crippen LogP contribution is -2.61. The van der Waals surface area contributed by atoms with Crippen LogP contribution in [0.3, 0.4) is 0 Å². The number of hydrogen-bond donors (Lipinski definition) is 4. The predicted octanol–water partition coefficient (Wildman–Crippen LogP) is -0.939. The summed E-state index contributed by atoms with van der Waals surface area (Å²) in [6.07, 6.45) is -5.09. The van der Waals surface area contributed by atoms with Gasteiger partial charge in [-0.3, -0.25) is 4.79 Å². The maximum absolute atomic E-state index is 12.0. The molecule has 4 atom stereocenters. The van der Waals surface area contributed by atoms with Crippen molar-refractivity contribution in [1.29, 1.82) is 0 Å². The van der Waals surface area contributed by atoms with E-state index in [-0.39, 0.29) is 6.61 Å². The molecule has 1 aliphatic heterocycles. The minimum absolute atomic E-state index is 0.350. The van der Waals surface area contributed by atoms with E-state index >= 15 is 0 Å². The molecule has 0 unspecified atom stereocenters. The standard InChI is InChI=1S/C13H16O6/c14-9(8-4-2-1-3-5-8)6-13(18)12(17)11(16)10(15)7-19-13/h1-5,10-12,15-18H,6-7H2/t10-,11+,12-,13-/m1/s1. The number of ether oxygens (including phenoxy) is 1. The van der Waals surface area contributed by atoms with Gasteiger partial charge in [0.1, 0.15) is 18.3 Å². The first-order chi connectivity index (χ1) is 8.94. The van der Waals surface area contributed by atoms with E-state index in [1.165, 1.54) is 0 Å². The molecule has 0 spiro atoms. The minimum atomic E-state index is -2.19. The van der Waals surface area contributed by atoms with Crippen LogP contribution >= 0.6 is 0 Å². The molecule has 6 nitrogen and oxygen atoms in total. The second kappa shape index (κ2) is 5.36. The third kappa shape index (κ3) is 2.83. The number of carbonyl (C=O) groups excluding carboxylic acids is 1. The molecule has 1 aromatic carbocycles. The Morgan fingerprint density at radius 3 is 2.53 bits per heavy atom. The smallest absolute Gasteiger partial charge is 0.202 e. The van der Waals surface area contributed by atoms with E-state index in [9.17, 15) is 25.2 Å². The maximum Gasteiger partial charge on any atom is 0.202 e. The van der Waals surface area contributed by atoms with Gasteiger partial charge in [-0.25, -0.2) is 0 Å². The van der Waals surface area contributed by atoms with Gasteiger partial charge in [-0.1, -0.05) is 30.3 Å². The fourth-order valence-corrected chi connectivity index (χ4v) is 2.00. The van der Waals surface area contributed by atoms with E-state index < -0.39 is 36.3 Å². The Kier molecular flexibility index (Phi) is 3.98. The Morgan fingerprint density at radius 2 is 1.89 bits per heavy atom. The van der Waals surface area contributed by atoms with Gasteiger partial charge in [0.2, 0.25) is 5.79 Å². The van der Waals surface area contributed by atoms with Crippen molar-refractivity contribution in [3.63, 3.8) is 0 Å². The van der Waals surface area contributed by atoms with Gasteiger partial charge in [-0.2, -0.15) is 0 Å². The molecule has 0 radical (unpaired) electrons. The summed E-state index contributed by atoms with van der Waals surface area (Å²) in [7, 11) is 0. The number of rotatable bonds is 3. The van der Waals surface area contributed by atoms with E-state index in [0.717, 1.165) is 0 Å². The number of benzene rings is 1. The van der Waals surface area contributed by atoms with Crippen LogP contribution in [-0.2, 0) is 4.74 Å². The molecule has 104 valence electrons. The van der Waals surface area contributed by atoms with E-state index in [1.54, 1.807) is 30.3 Å². The van der Waals surface area contributed by atoms with Crippen LogP contribution in [-0.4, -0.2) is 56.9 Å². The Bertz CT molecular complexity index is 448. The molecule has 0 saturated carbocycles. The molecule has 1 fully saturated rings. The van der Waals surface area contributed by atoms with Gasteiger partial charge in [0, 0.05) is 5.56 Å². The largest absolute Gasteiger partial charge is 0.388 e. The molecule has 0 aliphatic carbocycles. The van der Waals surface area contributed by atoms with Gasteiger partial charge in [0.05, 0.1) is 13.0 Å². The van der Waals surface area contributed by atoms with Crippen molar-refractivity contribution in [3.8, 4) is 0 Å². The van der Waals surface area contributed by atoms with Gasteiger partial charge in [-0.15, -0.1) is 0 Å². The third-order valence-electron chi connectivity index (χ3n) is 3.19. The Balaban J connectivity index is 2.11. The molecular formula is C13H16O6. The number of ketones is 1. The number of Topliss-reactive ketones (excluding diaryl/α,β-unsaturated/α-hetero) is 1. The highest BCUT2D eigenvalue weighted by molar-refractivity contribution is 5.96. The first-order valence-electron chi connectivity index (χ1n) is 5.93. The van der Waals surface area contributed by atoms with Crippen molar-refractivity contribution in [2.24, 2.45) is 0 Å². The van der Waals surface area contributed by atoms with Gasteiger partial charge in [-0.05, 0) is 0 Å². The molecule has 4 N–H and O–H groups in total. The molecule has 6 heteroatoms. The van der Waals surface area contributed by atoms with E-state index in [1.807, 2.05) is 0 Å². The van der Waals surface area contributed by atoms with E-state index in [2.05, 4.69) is 0 Å². The highest BCUT2D eigenvalue weighted by Gasteiger charge is 2.49. The summed E-state index contributed by atoms with van der Waals surface area (Å²) in [4.78, 5) is 12.0. The number of aliphatic hydroxyl groups excluding tert-OH is 3. The van der Waals surface area contributed by atoms with Crippen molar-refractivity contribution in [2.45, 2.75) is 30.5 Å². The molecule has 1 saturated heterocycles. The summed E-state index contributed by atoms with van der Waals surface area (Å²) < 4.78 is 4.93. The summed E-state index contributed by atoms with van der Waals surface area (Å²) >= 11 is 0.